The van der Waals surface area contributed by atoms with E-state index in [0.29, 0.717) is 17.4 Å². The number of rotatable bonds is 4. The summed E-state index contributed by atoms with van der Waals surface area (Å²) in [5.74, 6) is 0.699. The molecule has 2 nitrogen and oxygen atoms in total. The zero-order valence-corrected chi connectivity index (χ0v) is 11.9. The van der Waals surface area contributed by atoms with Crippen LogP contribution in [0.4, 0.5) is 0 Å². The van der Waals surface area contributed by atoms with E-state index in [9.17, 15) is 5.11 Å². The first kappa shape index (κ1) is 13.9. The average molecular weight is 277 g/mol. The molecular formula is C16H17ClO2. The van der Waals surface area contributed by atoms with Crippen molar-refractivity contribution >= 4 is 11.6 Å². The second-order valence-corrected chi connectivity index (χ2v) is 5.06. The normalized spacial score (nSPS) is 10.5. The number of benzene rings is 2. The molecule has 0 saturated heterocycles. The Morgan fingerprint density at radius 1 is 1.00 bits per heavy atom. The van der Waals surface area contributed by atoms with Crippen LogP contribution in [0, 0.1) is 13.8 Å². The third-order valence-corrected chi connectivity index (χ3v) is 3.33. The van der Waals surface area contributed by atoms with Crippen LogP contribution in [-0.4, -0.2) is 5.11 Å². The molecule has 0 fully saturated rings. The van der Waals surface area contributed by atoms with E-state index in [2.05, 4.69) is 0 Å². The van der Waals surface area contributed by atoms with Gasteiger partial charge in [0.1, 0.15) is 12.4 Å². The molecule has 0 spiro atoms. The number of ether oxygens (including phenoxy) is 1. The van der Waals surface area contributed by atoms with Crippen molar-refractivity contribution in [2.24, 2.45) is 0 Å². The van der Waals surface area contributed by atoms with Crippen molar-refractivity contribution in [2.75, 3.05) is 0 Å². The second-order valence-electron chi connectivity index (χ2n) is 4.65. The van der Waals surface area contributed by atoms with Crippen molar-refractivity contribution in [3.63, 3.8) is 0 Å². The first-order valence-corrected chi connectivity index (χ1v) is 6.56. The molecule has 0 aliphatic rings. The highest BCUT2D eigenvalue weighted by atomic mass is 35.5. The summed E-state index contributed by atoms with van der Waals surface area (Å²) in [7, 11) is 0. The molecule has 0 saturated carbocycles. The number of aliphatic hydroxyl groups is 1. The molecule has 2 aromatic rings. The van der Waals surface area contributed by atoms with E-state index < -0.39 is 0 Å². The molecule has 0 unspecified atom stereocenters. The summed E-state index contributed by atoms with van der Waals surface area (Å²) >= 11 is 6.17. The van der Waals surface area contributed by atoms with Crippen LogP contribution in [-0.2, 0) is 13.2 Å². The topological polar surface area (TPSA) is 29.5 Å². The smallest absolute Gasteiger partial charge is 0.125 e. The fourth-order valence-electron chi connectivity index (χ4n) is 1.90. The molecule has 0 aliphatic carbocycles. The first-order valence-electron chi connectivity index (χ1n) is 6.18. The van der Waals surface area contributed by atoms with Gasteiger partial charge in [-0.2, -0.15) is 0 Å². The fraction of sp³-hybridized carbons (Fsp3) is 0.250. The Bertz CT molecular complexity index is 579. The van der Waals surface area contributed by atoms with Crippen LogP contribution >= 0.6 is 11.6 Å². The highest BCUT2D eigenvalue weighted by Gasteiger charge is 2.06. The Labute approximate surface area is 118 Å². The minimum atomic E-state index is -0.0291. The molecule has 19 heavy (non-hydrogen) atoms. The highest BCUT2D eigenvalue weighted by molar-refractivity contribution is 6.31. The van der Waals surface area contributed by atoms with Crippen LogP contribution in [0.1, 0.15) is 22.3 Å². The van der Waals surface area contributed by atoms with Crippen molar-refractivity contribution in [3.05, 3.63) is 63.7 Å². The predicted molar refractivity (Wildman–Crippen MR) is 77.6 cm³/mol. The SMILES string of the molecule is Cc1ccc(COc2ccc(C)cc2CO)c(Cl)c1. The van der Waals surface area contributed by atoms with E-state index in [1.807, 2.05) is 50.2 Å². The van der Waals surface area contributed by atoms with Gasteiger partial charge in [0.05, 0.1) is 6.61 Å². The molecule has 0 bridgehead atoms. The monoisotopic (exact) mass is 276 g/mol. The lowest BCUT2D eigenvalue weighted by Crippen LogP contribution is -2.00. The van der Waals surface area contributed by atoms with E-state index in [4.69, 9.17) is 16.3 Å². The quantitative estimate of drug-likeness (QED) is 0.914. The van der Waals surface area contributed by atoms with E-state index in [1.165, 1.54) is 0 Å². The molecule has 100 valence electrons. The number of halogens is 1. The Hall–Kier alpha value is -1.51. The van der Waals surface area contributed by atoms with Crippen LogP contribution in [0.5, 0.6) is 5.75 Å². The van der Waals surface area contributed by atoms with Crippen LogP contribution in [0.25, 0.3) is 0 Å². The molecule has 0 aliphatic heterocycles. The second kappa shape index (κ2) is 6.09. The van der Waals surface area contributed by atoms with Gasteiger partial charge in [-0.05, 0) is 31.5 Å². The van der Waals surface area contributed by atoms with Gasteiger partial charge >= 0.3 is 0 Å². The van der Waals surface area contributed by atoms with Crippen molar-refractivity contribution < 1.29 is 9.84 Å². The summed E-state index contributed by atoms with van der Waals surface area (Å²) in [5.41, 5.74) is 3.96. The van der Waals surface area contributed by atoms with Crippen LogP contribution in [0.3, 0.4) is 0 Å². The van der Waals surface area contributed by atoms with Gasteiger partial charge in [-0.3, -0.25) is 0 Å². The van der Waals surface area contributed by atoms with Gasteiger partial charge in [0.25, 0.3) is 0 Å². The van der Waals surface area contributed by atoms with E-state index in [0.717, 1.165) is 22.3 Å². The molecule has 2 rings (SSSR count). The highest BCUT2D eigenvalue weighted by Crippen LogP contribution is 2.23. The number of aliphatic hydroxyl groups excluding tert-OH is 1. The Kier molecular flexibility index (Phi) is 4.46. The lowest BCUT2D eigenvalue weighted by molar-refractivity contribution is 0.259. The van der Waals surface area contributed by atoms with Crippen molar-refractivity contribution in [2.45, 2.75) is 27.1 Å². The minimum absolute atomic E-state index is 0.0291. The molecule has 0 amide bonds. The summed E-state index contributed by atoms with van der Waals surface area (Å²) in [5, 5.41) is 10.0. The lowest BCUT2D eigenvalue weighted by atomic mass is 10.1. The van der Waals surface area contributed by atoms with Gasteiger partial charge in [0.15, 0.2) is 0 Å². The maximum absolute atomic E-state index is 9.32. The van der Waals surface area contributed by atoms with Crippen LogP contribution < -0.4 is 4.74 Å². The Balaban J connectivity index is 2.14. The average Bonchev–Trinajstić information content (AvgIpc) is 2.39. The van der Waals surface area contributed by atoms with Crippen molar-refractivity contribution in [1.82, 2.24) is 0 Å². The van der Waals surface area contributed by atoms with Crippen molar-refractivity contribution in [1.29, 1.82) is 0 Å². The summed E-state index contributed by atoms with van der Waals surface area (Å²) in [6.45, 7) is 4.36. The fourth-order valence-corrected chi connectivity index (χ4v) is 2.19. The van der Waals surface area contributed by atoms with Crippen LogP contribution in [0.15, 0.2) is 36.4 Å². The molecule has 0 radical (unpaired) electrons. The van der Waals surface area contributed by atoms with Gasteiger partial charge in [0.2, 0.25) is 0 Å². The van der Waals surface area contributed by atoms with Gasteiger partial charge in [-0.1, -0.05) is 41.4 Å². The van der Waals surface area contributed by atoms with Gasteiger partial charge < -0.3 is 9.84 Å². The Morgan fingerprint density at radius 2 is 1.68 bits per heavy atom. The van der Waals surface area contributed by atoms with Gasteiger partial charge in [-0.15, -0.1) is 0 Å². The van der Waals surface area contributed by atoms with Gasteiger partial charge in [-0.25, -0.2) is 0 Å². The molecular weight excluding hydrogens is 260 g/mol. The van der Waals surface area contributed by atoms with E-state index >= 15 is 0 Å². The zero-order chi connectivity index (χ0) is 13.8. The largest absolute Gasteiger partial charge is 0.488 e. The number of hydrogen-bond acceptors (Lipinski definition) is 2. The maximum Gasteiger partial charge on any atom is 0.125 e. The predicted octanol–water partition coefficient (Wildman–Crippen LogP) is 4.03. The Morgan fingerprint density at radius 3 is 2.37 bits per heavy atom. The minimum Gasteiger partial charge on any atom is -0.488 e. The summed E-state index contributed by atoms with van der Waals surface area (Å²) < 4.78 is 5.75. The number of hydrogen-bond donors (Lipinski definition) is 1. The van der Waals surface area contributed by atoms with Crippen molar-refractivity contribution in [3.8, 4) is 5.75 Å². The molecule has 2 aromatic carbocycles. The van der Waals surface area contributed by atoms with Gasteiger partial charge in [0, 0.05) is 16.1 Å². The lowest BCUT2D eigenvalue weighted by Gasteiger charge is -2.12. The molecule has 1 N–H and O–H groups in total. The summed E-state index contributed by atoms with van der Waals surface area (Å²) in [6.07, 6.45) is 0. The summed E-state index contributed by atoms with van der Waals surface area (Å²) in [6, 6.07) is 11.7. The summed E-state index contributed by atoms with van der Waals surface area (Å²) in [4.78, 5) is 0. The molecule has 0 atom stereocenters. The molecule has 0 heterocycles. The third-order valence-electron chi connectivity index (χ3n) is 2.98. The van der Waals surface area contributed by atoms with Crippen LogP contribution in [0.2, 0.25) is 5.02 Å². The van der Waals surface area contributed by atoms with E-state index in [1.54, 1.807) is 0 Å². The number of aryl methyl sites for hydroxylation is 2. The first-order chi connectivity index (χ1) is 9.10. The third kappa shape index (κ3) is 3.49. The standard InChI is InChI=1S/C16H17ClO2/c1-11-4-6-16(14(7-11)9-18)19-10-13-5-3-12(2)8-15(13)17/h3-8,18H,9-10H2,1-2H3. The maximum atomic E-state index is 9.32. The van der Waals surface area contributed by atoms with E-state index in [-0.39, 0.29) is 6.61 Å². The zero-order valence-electron chi connectivity index (χ0n) is 11.1. The molecule has 3 heteroatoms. The molecule has 0 aromatic heterocycles.